The van der Waals surface area contributed by atoms with Crippen LogP contribution in [0.3, 0.4) is 0 Å². The molecule has 1 aliphatic heterocycles. The third-order valence-electron chi connectivity index (χ3n) is 4.79. The van der Waals surface area contributed by atoms with Crippen molar-refractivity contribution in [1.82, 2.24) is 9.88 Å². The van der Waals surface area contributed by atoms with E-state index < -0.39 is 17.5 Å². The van der Waals surface area contributed by atoms with Crippen LogP contribution in [0.15, 0.2) is 29.2 Å². The van der Waals surface area contributed by atoms with Gasteiger partial charge in [0.15, 0.2) is 12.2 Å². The van der Waals surface area contributed by atoms with Crippen LogP contribution in [0.4, 0.5) is 4.79 Å². The molecule has 0 aliphatic carbocycles. The summed E-state index contributed by atoms with van der Waals surface area (Å²) in [6.07, 6.45) is 0.696. The number of carbonyl (C=O) groups is 2. The van der Waals surface area contributed by atoms with Crippen molar-refractivity contribution < 1.29 is 28.9 Å². The minimum Gasteiger partial charge on any atom is -0.491 e. The minimum absolute atomic E-state index is 0.0951. The van der Waals surface area contributed by atoms with Crippen molar-refractivity contribution in [3.63, 3.8) is 0 Å². The van der Waals surface area contributed by atoms with Gasteiger partial charge in [0.2, 0.25) is 0 Å². The number of pyridine rings is 1. The molecule has 1 aromatic carbocycles. The van der Waals surface area contributed by atoms with Crippen molar-refractivity contribution >= 4 is 23.7 Å². The molecule has 0 radical (unpaired) electrons. The maximum atomic E-state index is 12.4. The van der Waals surface area contributed by atoms with Gasteiger partial charge in [-0.15, -0.1) is 0 Å². The van der Waals surface area contributed by atoms with Gasteiger partial charge in [0, 0.05) is 23.9 Å². The number of aromatic carboxylic acids is 1. The molecule has 10 heteroatoms. The van der Waals surface area contributed by atoms with Gasteiger partial charge >= 0.3 is 12.1 Å². The lowest BCUT2D eigenvalue weighted by molar-refractivity contribution is 0.0693. The number of carbonyl (C=O) groups excluding carboxylic acids is 1. The number of benzene rings is 1. The average molecular weight is 437 g/mol. The predicted octanol–water partition coefficient (Wildman–Crippen LogP) is 3.15. The molecule has 2 aromatic rings. The van der Waals surface area contributed by atoms with Crippen LogP contribution in [0.25, 0.3) is 11.3 Å². The highest BCUT2D eigenvalue weighted by molar-refractivity contribution is 6.32. The number of halogens is 1. The van der Waals surface area contributed by atoms with Crippen molar-refractivity contribution in [3.05, 3.63) is 45.2 Å². The zero-order valence-corrected chi connectivity index (χ0v) is 17.4. The van der Waals surface area contributed by atoms with Crippen LogP contribution in [-0.2, 0) is 4.74 Å². The Bertz CT molecular complexity index is 1050. The summed E-state index contributed by atoms with van der Waals surface area (Å²) >= 11 is 6.34. The van der Waals surface area contributed by atoms with E-state index in [0.29, 0.717) is 17.0 Å². The summed E-state index contributed by atoms with van der Waals surface area (Å²) in [5.41, 5.74) is 0.110. The van der Waals surface area contributed by atoms with Gasteiger partial charge in [0.05, 0.1) is 23.9 Å². The first-order chi connectivity index (χ1) is 14.2. The monoisotopic (exact) mass is 436 g/mol. The van der Waals surface area contributed by atoms with E-state index in [0.717, 1.165) is 0 Å². The molecule has 0 saturated carbocycles. The molecule has 1 aliphatic rings. The lowest BCUT2D eigenvalue weighted by Gasteiger charge is -2.24. The van der Waals surface area contributed by atoms with Gasteiger partial charge in [0.1, 0.15) is 23.7 Å². The molecule has 160 valence electrons. The average Bonchev–Trinajstić information content (AvgIpc) is 2.83. The largest absolute Gasteiger partial charge is 0.491 e. The molecular weight excluding hydrogens is 416 g/mol. The third kappa shape index (κ3) is 4.20. The molecule has 0 bridgehead atoms. The Morgan fingerprint density at radius 1 is 1.37 bits per heavy atom. The van der Waals surface area contributed by atoms with Crippen LogP contribution in [0.5, 0.6) is 11.5 Å². The first-order valence-corrected chi connectivity index (χ1v) is 9.51. The van der Waals surface area contributed by atoms with Crippen molar-refractivity contribution in [2.45, 2.75) is 19.9 Å². The number of hydrogen-bond donors (Lipinski definition) is 2. The fourth-order valence-electron chi connectivity index (χ4n) is 3.18. The summed E-state index contributed by atoms with van der Waals surface area (Å²) < 4.78 is 17.7. The van der Waals surface area contributed by atoms with Crippen LogP contribution >= 0.6 is 11.6 Å². The number of rotatable bonds is 5. The van der Waals surface area contributed by atoms with Crippen LogP contribution in [-0.4, -0.2) is 42.2 Å². The fraction of sp³-hybridized carbons (Fsp3) is 0.350. The first-order valence-electron chi connectivity index (χ1n) is 9.13. The molecule has 9 nitrogen and oxygen atoms in total. The molecule has 1 amide bonds. The van der Waals surface area contributed by atoms with Gasteiger partial charge in [-0.25, -0.2) is 9.59 Å². The molecule has 0 fully saturated rings. The molecule has 2 N–H and O–H groups in total. The molecule has 30 heavy (non-hydrogen) atoms. The molecular formula is C20H21ClN2O7. The SMILES string of the molecule is COC(=O)NCOc1cc2c(cc1Cl)-c1cc(=O)c(C(=O)O)cn1C(C(C)C)CO2. The van der Waals surface area contributed by atoms with E-state index in [9.17, 15) is 19.5 Å². The number of hydrogen-bond acceptors (Lipinski definition) is 6. The second-order valence-corrected chi connectivity index (χ2v) is 7.41. The van der Waals surface area contributed by atoms with Gasteiger partial charge < -0.3 is 23.9 Å². The Morgan fingerprint density at radius 2 is 2.10 bits per heavy atom. The second kappa shape index (κ2) is 8.66. The summed E-state index contributed by atoms with van der Waals surface area (Å²) in [7, 11) is 1.23. The van der Waals surface area contributed by atoms with Gasteiger partial charge in [0.25, 0.3) is 0 Å². The van der Waals surface area contributed by atoms with Crippen LogP contribution in [0, 0.1) is 5.92 Å². The van der Waals surface area contributed by atoms with Gasteiger partial charge in [-0.05, 0) is 12.0 Å². The molecule has 1 unspecified atom stereocenters. The summed E-state index contributed by atoms with van der Waals surface area (Å²) in [6.45, 7) is 4.04. The van der Waals surface area contributed by atoms with Gasteiger partial charge in [-0.1, -0.05) is 25.4 Å². The molecule has 0 spiro atoms. The zero-order chi connectivity index (χ0) is 22.0. The number of aromatic nitrogens is 1. The number of alkyl carbamates (subject to hydrolysis) is 1. The number of carboxylic acid groups (broad SMARTS) is 1. The second-order valence-electron chi connectivity index (χ2n) is 7.01. The Balaban J connectivity index is 2.07. The van der Waals surface area contributed by atoms with Crippen molar-refractivity contribution in [3.8, 4) is 22.8 Å². The number of nitrogens with zero attached hydrogens (tertiary/aromatic N) is 1. The molecule has 1 atom stereocenters. The van der Waals surface area contributed by atoms with Gasteiger partial charge in [-0.3, -0.25) is 10.1 Å². The van der Waals surface area contributed by atoms with Crippen molar-refractivity contribution in [1.29, 1.82) is 0 Å². The summed E-state index contributed by atoms with van der Waals surface area (Å²) in [4.78, 5) is 35.0. The Hall–Kier alpha value is -3.20. The quantitative estimate of drug-likeness (QED) is 0.691. The van der Waals surface area contributed by atoms with E-state index >= 15 is 0 Å². The number of ether oxygens (including phenoxy) is 3. The first kappa shape index (κ1) is 21.5. The van der Waals surface area contributed by atoms with E-state index in [1.807, 2.05) is 13.8 Å². The third-order valence-corrected chi connectivity index (χ3v) is 5.08. The van der Waals surface area contributed by atoms with E-state index in [1.54, 1.807) is 16.7 Å². The maximum Gasteiger partial charge on any atom is 0.409 e. The topological polar surface area (TPSA) is 116 Å². The number of carboxylic acids is 1. The zero-order valence-electron chi connectivity index (χ0n) is 16.6. The summed E-state index contributed by atoms with van der Waals surface area (Å²) in [5, 5.41) is 12.0. The van der Waals surface area contributed by atoms with Crippen LogP contribution in [0.1, 0.15) is 30.2 Å². The number of fused-ring (bicyclic) bond motifs is 3. The minimum atomic E-state index is -1.29. The van der Waals surface area contributed by atoms with Crippen molar-refractivity contribution in [2.75, 3.05) is 20.4 Å². The fourth-order valence-corrected chi connectivity index (χ4v) is 3.40. The molecule has 0 saturated heterocycles. The van der Waals surface area contributed by atoms with E-state index in [4.69, 9.17) is 21.1 Å². The maximum absolute atomic E-state index is 12.4. The summed E-state index contributed by atoms with van der Waals surface area (Å²) in [6, 6.07) is 4.22. The number of amides is 1. The highest BCUT2D eigenvalue weighted by Gasteiger charge is 2.28. The standard InChI is InChI=1S/C20H21ClN2O7/c1-10(2)15-8-29-17-6-18(30-9-22-20(27)28-3)13(21)4-11(17)14-5-16(24)12(19(25)26)7-23(14)15/h4-7,10,15H,8-9H2,1-3H3,(H,22,27)(H,25,26). The molecule has 3 rings (SSSR count). The van der Waals surface area contributed by atoms with E-state index in [1.165, 1.54) is 19.4 Å². The smallest absolute Gasteiger partial charge is 0.409 e. The number of nitrogens with one attached hydrogen (secondary N) is 1. The van der Waals surface area contributed by atoms with E-state index in [2.05, 4.69) is 10.1 Å². The Morgan fingerprint density at radius 3 is 2.73 bits per heavy atom. The molecule has 1 aromatic heterocycles. The number of methoxy groups -OCH3 is 1. The highest BCUT2D eigenvalue weighted by atomic mass is 35.5. The Labute approximate surface area is 177 Å². The lowest BCUT2D eigenvalue weighted by atomic mass is 10.0. The van der Waals surface area contributed by atoms with Crippen LogP contribution < -0.4 is 20.2 Å². The summed E-state index contributed by atoms with van der Waals surface area (Å²) in [5.74, 6) is -0.501. The highest BCUT2D eigenvalue weighted by Crippen LogP contribution is 2.42. The molecule has 2 heterocycles. The lowest BCUT2D eigenvalue weighted by Crippen LogP contribution is -2.27. The van der Waals surface area contributed by atoms with Gasteiger partial charge in [-0.2, -0.15) is 0 Å². The van der Waals surface area contributed by atoms with Crippen molar-refractivity contribution in [2.24, 2.45) is 5.92 Å². The predicted molar refractivity (Wildman–Crippen MR) is 109 cm³/mol. The normalized spacial score (nSPS) is 14.8. The van der Waals surface area contributed by atoms with Crippen LogP contribution in [0.2, 0.25) is 5.02 Å². The van der Waals surface area contributed by atoms with E-state index in [-0.39, 0.29) is 41.6 Å². The Kier molecular flexibility index (Phi) is 6.21.